The van der Waals surface area contributed by atoms with Crippen LogP contribution in [-0.2, 0) is 0 Å². The number of ether oxygens (including phenoxy) is 1. The van der Waals surface area contributed by atoms with Crippen molar-refractivity contribution in [3.63, 3.8) is 0 Å². The molecule has 0 radical (unpaired) electrons. The molecule has 1 N–H and O–H groups in total. The van der Waals surface area contributed by atoms with E-state index in [9.17, 15) is 13.2 Å². The summed E-state index contributed by atoms with van der Waals surface area (Å²) in [5.74, 6) is -2.01. The summed E-state index contributed by atoms with van der Waals surface area (Å²) in [5.41, 5.74) is 0.768. The fraction of sp³-hybridized carbons (Fsp3) is 0.250. The Kier molecular flexibility index (Phi) is 4.53. The third-order valence-electron chi connectivity index (χ3n) is 3.33. The zero-order valence-electron chi connectivity index (χ0n) is 12.0. The van der Waals surface area contributed by atoms with Crippen LogP contribution in [0.4, 0.5) is 13.2 Å². The van der Waals surface area contributed by atoms with E-state index in [1.165, 1.54) is 20.2 Å². The zero-order chi connectivity index (χ0) is 15.6. The largest absolute Gasteiger partial charge is 0.497 e. The van der Waals surface area contributed by atoms with Crippen molar-refractivity contribution in [1.29, 1.82) is 0 Å². The number of nitrogens with one attached hydrogen (secondary N) is 1. The molecule has 2 aromatic carbocycles. The number of rotatable bonds is 4. The molecule has 0 bridgehead atoms. The molecule has 5 heteroatoms. The first-order valence-electron chi connectivity index (χ1n) is 6.44. The molecule has 112 valence electrons. The van der Waals surface area contributed by atoms with Gasteiger partial charge in [0.15, 0.2) is 0 Å². The van der Waals surface area contributed by atoms with Crippen LogP contribution >= 0.6 is 0 Å². The third-order valence-corrected chi connectivity index (χ3v) is 3.33. The van der Waals surface area contributed by atoms with Gasteiger partial charge in [0.2, 0.25) is 0 Å². The Morgan fingerprint density at radius 2 is 1.62 bits per heavy atom. The van der Waals surface area contributed by atoms with Crippen LogP contribution in [0.3, 0.4) is 0 Å². The Labute approximate surface area is 121 Å². The van der Waals surface area contributed by atoms with Gasteiger partial charge in [0.25, 0.3) is 0 Å². The highest BCUT2D eigenvalue weighted by Crippen LogP contribution is 2.31. The van der Waals surface area contributed by atoms with Crippen LogP contribution in [-0.4, -0.2) is 14.2 Å². The van der Waals surface area contributed by atoms with E-state index in [0.29, 0.717) is 0 Å². The van der Waals surface area contributed by atoms with Gasteiger partial charge in [0.1, 0.15) is 23.2 Å². The average Bonchev–Trinajstić information content (AvgIpc) is 2.45. The first-order chi connectivity index (χ1) is 9.97. The Bertz CT molecular complexity index is 635. The van der Waals surface area contributed by atoms with Gasteiger partial charge in [-0.25, -0.2) is 13.2 Å². The molecule has 1 atom stereocenters. The first-order valence-corrected chi connectivity index (χ1v) is 6.44. The van der Waals surface area contributed by atoms with E-state index in [1.54, 1.807) is 19.1 Å². The second kappa shape index (κ2) is 6.18. The molecule has 0 fully saturated rings. The van der Waals surface area contributed by atoms with Crippen LogP contribution < -0.4 is 10.1 Å². The molecule has 1 unspecified atom stereocenters. The standard InChI is InChI=1S/C16H16F3NO/c1-9-4-5-12(17)11(6-9)16(20-2)15-13(18)7-10(21-3)8-14(15)19/h4-8,16,20H,1-3H3. The molecule has 21 heavy (non-hydrogen) atoms. The Morgan fingerprint density at radius 3 is 2.14 bits per heavy atom. The maximum atomic E-state index is 14.2. The summed E-state index contributed by atoms with van der Waals surface area (Å²) >= 11 is 0. The number of hydrogen-bond acceptors (Lipinski definition) is 2. The molecule has 0 saturated carbocycles. The van der Waals surface area contributed by atoms with Gasteiger partial charge in [-0.05, 0) is 20.0 Å². The smallest absolute Gasteiger partial charge is 0.134 e. The zero-order valence-corrected chi connectivity index (χ0v) is 12.0. The highest BCUT2D eigenvalue weighted by molar-refractivity contribution is 5.39. The predicted octanol–water partition coefficient (Wildman–Crippen LogP) is 3.73. The number of benzene rings is 2. The molecule has 2 aromatic rings. The quantitative estimate of drug-likeness (QED) is 0.928. The van der Waals surface area contributed by atoms with E-state index in [4.69, 9.17) is 4.74 Å². The fourth-order valence-corrected chi connectivity index (χ4v) is 2.29. The van der Waals surface area contributed by atoms with E-state index >= 15 is 0 Å². The molecule has 0 aliphatic rings. The monoisotopic (exact) mass is 295 g/mol. The lowest BCUT2D eigenvalue weighted by molar-refractivity contribution is 0.403. The number of aryl methyl sites for hydroxylation is 1. The summed E-state index contributed by atoms with van der Waals surface area (Å²) in [6, 6.07) is 5.70. The number of halogens is 3. The predicted molar refractivity (Wildman–Crippen MR) is 74.9 cm³/mol. The van der Waals surface area contributed by atoms with Crippen LogP contribution in [0.5, 0.6) is 5.75 Å². The van der Waals surface area contributed by atoms with E-state index in [-0.39, 0.29) is 16.9 Å². The van der Waals surface area contributed by atoms with Gasteiger partial charge in [-0.1, -0.05) is 17.7 Å². The van der Waals surface area contributed by atoms with Gasteiger partial charge >= 0.3 is 0 Å². The minimum atomic E-state index is -0.921. The Morgan fingerprint density at radius 1 is 1.00 bits per heavy atom. The Balaban J connectivity index is 2.59. The average molecular weight is 295 g/mol. The van der Waals surface area contributed by atoms with Crippen molar-refractivity contribution in [2.75, 3.05) is 14.2 Å². The normalized spacial score (nSPS) is 12.3. The van der Waals surface area contributed by atoms with Crippen LogP contribution in [0.2, 0.25) is 0 Å². The van der Waals surface area contributed by atoms with Crippen LogP contribution in [0.15, 0.2) is 30.3 Å². The van der Waals surface area contributed by atoms with Gasteiger partial charge in [-0.2, -0.15) is 0 Å². The molecule has 0 amide bonds. The SMILES string of the molecule is CNC(c1cc(C)ccc1F)c1c(F)cc(OC)cc1F. The lowest BCUT2D eigenvalue weighted by Gasteiger charge is -2.20. The van der Waals surface area contributed by atoms with Gasteiger partial charge in [0.05, 0.1) is 13.2 Å². The fourth-order valence-electron chi connectivity index (χ4n) is 2.29. The highest BCUT2D eigenvalue weighted by atomic mass is 19.1. The van der Waals surface area contributed by atoms with Crippen LogP contribution in [0, 0.1) is 24.4 Å². The third kappa shape index (κ3) is 3.03. The van der Waals surface area contributed by atoms with Gasteiger partial charge in [0, 0.05) is 23.3 Å². The minimum Gasteiger partial charge on any atom is -0.497 e. The van der Waals surface area contributed by atoms with Crippen molar-refractivity contribution in [3.05, 3.63) is 64.5 Å². The second-order valence-electron chi connectivity index (χ2n) is 4.75. The Hall–Kier alpha value is -2.01. The molecule has 0 aliphatic heterocycles. The molecule has 0 saturated heterocycles. The van der Waals surface area contributed by atoms with Crippen molar-refractivity contribution in [3.8, 4) is 5.75 Å². The van der Waals surface area contributed by atoms with E-state index < -0.39 is 23.5 Å². The topological polar surface area (TPSA) is 21.3 Å². The summed E-state index contributed by atoms with van der Waals surface area (Å²) in [6.07, 6.45) is 0. The molecule has 2 nitrogen and oxygen atoms in total. The minimum absolute atomic E-state index is 0.0771. The van der Waals surface area contributed by atoms with Gasteiger partial charge in [-0.3, -0.25) is 0 Å². The molecular weight excluding hydrogens is 279 g/mol. The van der Waals surface area contributed by atoms with Crippen molar-refractivity contribution in [1.82, 2.24) is 5.32 Å². The van der Waals surface area contributed by atoms with Crippen molar-refractivity contribution in [2.45, 2.75) is 13.0 Å². The van der Waals surface area contributed by atoms with E-state index in [2.05, 4.69) is 5.32 Å². The molecule has 0 heterocycles. The van der Waals surface area contributed by atoms with Gasteiger partial charge < -0.3 is 10.1 Å². The molecule has 2 rings (SSSR count). The maximum absolute atomic E-state index is 14.2. The van der Waals surface area contributed by atoms with Crippen LogP contribution in [0.25, 0.3) is 0 Å². The van der Waals surface area contributed by atoms with Crippen molar-refractivity contribution < 1.29 is 17.9 Å². The lowest BCUT2D eigenvalue weighted by Crippen LogP contribution is -2.22. The molecular formula is C16H16F3NO. The van der Waals surface area contributed by atoms with Crippen molar-refractivity contribution in [2.24, 2.45) is 0 Å². The van der Waals surface area contributed by atoms with E-state index in [0.717, 1.165) is 17.7 Å². The number of methoxy groups -OCH3 is 1. The summed E-state index contributed by atoms with van der Waals surface area (Å²) < 4.78 is 47.2. The first kappa shape index (κ1) is 15.4. The summed E-state index contributed by atoms with van der Waals surface area (Å²) in [4.78, 5) is 0. The molecule has 0 aromatic heterocycles. The van der Waals surface area contributed by atoms with Gasteiger partial charge in [-0.15, -0.1) is 0 Å². The lowest BCUT2D eigenvalue weighted by atomic mass is 9.96. The number of hydrogen-bond donors (Lipinski definition) is 1. The summed E-state index contributed by atoms with van der Waals surface area (Å²) in [5, 5.41) is 2.76. The highest BCUT2D eigenvalue weighted by Gasteiger charge is 2.24. The molecule has 0 aliphatic carbocycles. The summed E-state index contributed by atoms with van der Waals surface area (Å²) in [6.45, 7) is 1.79. The van der Waals surface area contributed by atoms with Crippen molar-refractivity contribution >= 4 is 0 Å². The van der Waals surface area contributed by atoms with Crippen LogP contribution in [0.1, 0.15) is 22.7 Å². The summed E-state index contributed by atoms with van der Waals surface area (Å²) in [7, 11) is 2.85. The van der Waals surface area contributed by atoms with E-state index in [1.807, 2.05) is 0 Å². The maximum Gasteiger partial charge on any atom is 0.134 e. The molecule has 0 spiro atoms. The second-order valence-corrected chi connectivity index (χ2v) is 4.75.